The van der Waals surface area contributed by atoms with Crippen molar-refractivity contribution in [2.45, 2.75) is 6.42 Å². The van der Waals surface area contributed by atoms with Gasteiger partial charge in [-0.3, -0.25) is 4.79 Å². The fourth-order valence-corrected chi connectivity index (χ4v) is 3.53. The number of rotatable bonds is 5. The largest absolute Gasteiger partial charge is 0.454 e. The van der Waals surface area contributed by atoms with E-state index in [4.69, 9.17) is 9.47 Å². The number of amides is 1. The zero-order chi connectivity index (χ0) is 18.8. The van der Waals surface area contributed by atoms with Gasteiger partial charge in [-0.25, -0.2) is 13.8 Å². The highest BCUT2D eigenvalue weighted by Crippen LogP contribution is 2.36. The standard InChI is InChI=1S/C19H14F2N2O3S/c20-13-5-11(6-14(21)8-13)3-4-22-18(24)17-9-23-19(27-17)12-1-2-15-16(7-12)26-10-25-15/h1-2,5-9H,3-4,10H2,(H,22,24). The molecular formula is C19H14F2N2O3S. The van der Waals surface area contributed by atoms with Crippen molar-refractivity contribution in [1.29, 1.82) is 0 Å². The number of ether oxygens (including phenoxy) is 2. The Balaban J connectivity index is 1.38. The van der Waals surface area contributed by atoms with Gasteiger partial charge in [0.2, 0.25) is 6.79 Å². The van der Waals surface area contributed by atoms with Crippen LogP contribution in [0.15, 0.2) is 42.6 Å². The number of nitrogens with zero attached hydrogens (tertiary/aromatic N) is 1. The Morgan fingerprint density at radius 1 is 1.11 bits per heavy atom. The molecule has 2 heterocycles. The Morgan fingerprint density at radius 2 is 1.89 bits per heavy atom. The quantitative estimate of drug-likeness (QED) is 0.723. The van der Waals surface area contributed by atoms with Crippen LogP contribution in [-0.2, 0) is 6.42 Å². The smallest absolute Gasteiger partial charge is 0.263 e. The average molecular weight is 388 g/mol. The molecule has 4 rings (SSSR count). The van der Waals surface area contributed by atoms with Gasteiger partial charge in [0.25, 0.3) is 5.91 Å². The maximum Gasteiger partial charge on any atom is 0.263 e. The first-order valence-electron chi connectivity index (χ1n) is 8.17. The third-order valence-electron chi connectivity index (χ3n) is 3.97. The van der Waals surface area contributed by atoms with Crippen molar-refractivity contribution in [3.63, 3.8) is 0 Å². The van der Waals surface area contributed by atoms with Crippen LogP contribution >= 0.6 is 11.3 Å². The van der Waals surface area contributed by atoms with Gasteiger partial charge in [0.05, 0.1) is 6.20 Å². The van der Waals surface area contributed by atoms with E-state index in [0.717, 1.165) is 11.6 Å². The highest BCUT2D eigenvalue weighted by Gasteiger charge is 2.16. The van der Waals surface area contributed by atoms with Crippen LogP contribution in [0.4, 0.5) is 8.78 Å². The topological polar surface area (TPSA) is 60.5 Å². The van der Waals surface area contributed by atoms with Crippen molar-refractivity contribution in [3.8, 4) is 22.1 Å². The second-order valence-corrected chi connectivity index (χ2v) is 6.91. The van der Waals surface area contributed by atoms with Crippen molar-refractivity contribution < 1.29 is 23.0 Å². The minimum Gasteiger partial charge on any atom is -0.454 e. The Morgan fingerprint density at radius 3 is 2.70 bits per heavy atom. The normalized spacial score (nSPS) is 12.2. The number of carbonyl (C=O) groups is 1. The first kappa shape index (κ1) is 17.4. The minimum absolute atomic E-state index is 0.194. The van der Waals surface area contributed by atoms with Gasteiger partial charge in [-0.05, 0) is 42.3 Å². The molecule has 0 unspecified atom stereocenters. The van der Waals surface area contributed by atoms with E-state index in [0.29, 0.717) is 33.4 Å². The van der Waals surface area contributed by atoms with Crippen molar-refractivity contribution in [2.75, 3.05) is 13.3 Å². The fraction of sp³-hybridized carbons (Fsp3) is 0.158. The number of carbonyl (C=O) groups excluding carboxylic acids is 1. The highest BCUT2D eigenvalue weighted by molar-refractivity contribution is 7.16. The van der Waals surface area contributed by atoms with Crippen LogP contribution in [-0.4, -0.2) is 24.2 Å². The molecule has 1 N–H and O–H groups in total. The van der Waals surface area contributed by atoms with E-state index in [9.17, 15) is 13.6 Å². The number of halogens is 2. The van der Waals surface area contributed by atoms with Gasteiger partial charge in [0.1, 0.15) is 21.5 Å². The molecule has 0 saturated heterocycles. The molecule has 3 aromatic rings. The lowest BCUT2D eigenvalue weighted by Crippen LogP contribution is -2.24. The summed E-state index contributed by atoms with van der Waals surface area (Å²) in [5.74, 6) is -0.214. The van der Waals surface area contributed by atoms with Crippen LogP contribution in [0.2, 0.25) is 0 Å². The molecule has 1 aliphatic rings. The van der Waals surface area contributed by atoms with Crippen LogP contribution in [0, 0.1) is 11.6 Å². The molecule has 8 heteroatoms. The molecule has 1 aromatic heterocycles. The molecule has 0 saturated carbocycles. The summed E-state index contributed by atoms with van der Waals surface area (Å²) in [5.41, 5.74) is 1.32. The van der Waals surface area contributed by atoms with E-state index in [-0.39, 0.29) is 19.2 Å². The van der Waals surface area contributed by atoms with Crippen LogP contribution in [0.3, 0.4) is 0 Å². The summed E-state index contributed by atoms with van der Waals surface area (Å²) in [6, 6.07) is 8.79. The molecule has 1 amide bonds. The van der Waals surface area contributed by atoms with Gasteiger partial charge in [-0.2, -0.15) is 0 Å². The van der Waals surface area contributed by atoms with E-state index >= 15 is 0 Å². The first-order chi connectivity index (χ1) is 13.1. The lowest BCUT2D eigenvalue weighted by molar-refractivity contribution is 0.0958. The Bertz CT molecular complexity index is 986. The Labute approximate surface area is 157 Å². The number of fused-ring (bicyclic) bond motifs is 1. The van der Waals surface area contributed by atoms with E-state index in [1.807, 2.05) is 12.1 Å². The molecule has 0 bridgehead atoms. The predicted octanol–water partition coefficient (Wildman–Crippen LogP) is 3.79. The summed E-state index contributed by atoms with van der Waals surface area (Å²) in [6.07, 6.45) is 1.83. The van der Waals surface area contributed by atoms with Crippen molar-refractivity contribution in [2.24, 2.45) is 0 Å². The summed E-state index contributed by atoms with van der Waals surface area (Å²) in [7, 11) is 0. The van der Waals surface area contributed by atoms with Crippen LogP contribution in [0.5, 0.6) is 11.5 Å². The van der Waals surface area contributed by atoms with Crippen molar-refractivity contribution in [1.82, 2.24) is 10.3 Å². The fourth-order valence-electron chi connectivity index (χ4n) is 2.70. The van der Waals surface area contributed by atoms with Gasteiger partial charge in [0.15, 0.2) is 11.5 Å². The van der Waals surface area contributed by atoms with E-state index in [1.54, 1.807) is 6.07 Å². The number of aromatic nitrogens is 1. The molecule has 27 heavy (non-hydrogen) atoms. The molecule has 138 valence electrons. The number of thiazole rings is 1. The SMILES string of the molecule is O=C(NCCc1cc(F)cc(F)c1)c1cnc(-c2ccc3c(c2)OCO3)s1. The second-order valence-electron chi connectivity index (χ2n) is 5.88. The molecule has 2 aromatic carbocycles. The third kappa shape index (κ3) is 3.90. The second kappa shape index (κ2) is 7.32. The molecule has 0 fully saturated rings. The average Bonchev–Trinajstić information content (AvgIpc) is 3.29. The number of benzene rings is 2. The Hall–Kier alpha value is -3.00. The van der Waals surface area contributed by atoms with E-state index in [1.165, 1.54) is 29.7 Å². The summed E-state index contributed by atoms with van der Waals surface area (Å²) in [6.45, 7) is 0.457. The number of hydrogen-bond donors (Lipinski definition) is 1. The molecule has 0 atom stereocenters. The zero-order valence-electron chi connectivity index (χ0n) is 14.0. The molecule has 0 radical (unpaired) electrons. The zero-order valence-corrected chi connectivity index (χ0v) is 14.8. The van der Waals surface area contributed by atoms with Gasteiger partial charge in [-0.15, -0.1) is 11.3 Å². The monoisotopic (exact) mass is 388 g/mol. The summed E-state index contributed by atoms with van der Waals surface area (Å²) in [5, 5.41) is 3.42. The van der Waals surface area contributed by atoms with E-state index in [2.05, 4.69) is 10.3 Å². The maximum absolute atomic E-state index is 13.2. The summed E-state index contributed by atoms with van der Waals surface area (Å²) < 4.78 is 37.0. The Kier molecular flexibility index (Phi) is 4.72. The third-order valence-corrected chi connectivity index (χ3v) is 5.02. The van der Waals surface area contributed by atoms with Gasteiger partial charge in [0, 0.05) is 18.2 Å². The minimum atomic E-state index is -0.632. The van der Waals surface area contributed by atoms with E-state index < -0.39 is 11.6 Å². The first-order valence-corrected chi connectivity index (χ1v) is 8.99. The number of hydrogen-bond acceptors (Lipinski definition) is 5. The van der Waals surface area contributed by atoms with Gasteiger partial charge in [-0.1, -0.05) is 0 Å². The summed E-state index contributed by atoms with van der Waals surface area (Å²) >= 11 is 1.25. The molecule has 1 aliphatic heterocycles. The molecule has 0 aliphatic carbocycles. The van der Waals surface area contributed by atoms with Crippen molar-refractivity contribution >= 4 is 17.2 Å². The highest BCUT2D eigenvalue weighted by atomic mass is 32.1. The van der Waals surface area contributed by atoms with Crippen LogP contribution in [0.1, 0.15) is 15.2 Å². The van der Waals surface area contributed by atoms with Gasteiger partial charge < -0.3 is 14.8 Å². The van der Waals surface area contributed by atoms with Crippen LogP contribution in [0.25, 0.3) is 10.6 Å². The van der Waals surface area contributed by atoms with Crippen LogP contribution < -0.4 is 14.8 Å². The predicted molar refractivity (Wildman–Crippen MR) is 96.1 cm³/mol. The molecule has 0 spiro atoms. The lowest BCUT2D eigenvalue weighted by atomic mass is 10.1. The molecular weight excluding hydrogens is 374 g/mol. The maximum atomic E-state index is 13.2. The lowest BCUT2D eigenvalue weighted by Gasteiger charge is -2.04. The number of nitrogens with one attached hydrogen (secondary N) is 1. The van der Waals surface area contributed by atoms with Crippen molar-refractivity contribution in [3.05, 3.63) is 64.7 Å². The summed E-state index contributed by atoms with van der Waals surface area (Å²) in [4.78, 5) is 17.0. The molecule has 5 nitrogen and oxygen atoms in total. The van der Waals surface area contributed by atoms with Gasteiger partial charge >= 0.3 is 0 Å².